The molecule has 0 unspecified atom stereocenters. The first kappa shape index (κ1) is 19.3. The molecule has 2 aliphatic rings. The number of fused-ring (bicyclic) bond motifs is 3. The normalized spacial score (nSPS) is 20.6. The van der Waals surface area contributed by atoms with Gasteiger partial charge in [-0.2, -0.15) is 0 Å². The van der Waals surface area contributed by atoms with Gasteiger partial charge in [0.25, 0.3) is 5.91 Å². The fraction of sp³-hybridized carbons (Fsp3) is 0.231. The lowest BCUT2D eigenvalue weighted by atomic mass is 9.93. The highest BCUT2D eigenvalue weighted by Gasteiger charge is 2.38. The van der Waals surface area contributed by atoms with Crippen LogP contribution in [-0.4, -0.2) is 54.2 Å². The number of ether oxygens (including phenoxy) is 1. The molecular formula is C26H22FN3O2. The first-order chi connectivity index (χ1) is 15.7. The summed E-state index contributed by atoms with van der Waals surface area (Å²) in [7, 11) is 0. The number of hydrogen-bond donors (Lipinski definition) is 1. The molecule has 2 fully saturated rings. The number of carbonyl (C=O) groups excluding carboxylic acids is 1. The lowest BCUT2D eigenvalue weighted by Crippen LogP contribution is -2.47. The van der Waals surface area contributed by atoms with Gasteiger partial charge in [0.05, 0.1) is 24.3 Å². The van der Waals surface area contributed by atoms with Crippen LogP contribution >= 0.6 is 0 Å². The minimum atomic E-state index is -0.292. The van der Waals surface area contributed by atoms with Gasteiger partial charge in [-0.25, -0.2) is 4.39 Å². The van der Waals surface area contributed by atoms with Crippen molar-refractivity contribution in [3.8, 4) is 11.1 Å². The van der Waals surface area contributed by atoms with Gasteiger partial charge in [-0.05, 0) is 46.7 Å². The SMILES string of the molecule is O=C(c1cccc2c(-c3ccc(F)c4cccnc34)cccc12)N1C[C@@H]2NCCO[C@@H]2C1. The van der Waals surface area contributed by atoms with E-state index in [-0.39, 0.29) is 23.9 Å². The molecule has 2 atom stereocenters. The minimum absolute atomic E-state index is 0.00893. The summed E-state index contributed by atoms with van der Waals surface area (Å²) in [5.74, 6) is -0.283. The van der Waals surface area contributed by atoms with Crippen molar-refractivity contribution in [1.82, 2.24) is 15.2 Å². The van der Waals surface area contributed by atoms with E-state index >= 15 is 0 Å². The van der Waals surface area contributed by atoms with E-state index in [0.29, 0.717) is 36.2 Å². The molecule has 3 aromatic carbocycles. The van der Waals surface area contributed by atoms with E-state index in [9.17, 15) is 9.18 Å². The number of nitrogens with one attached hydrogen (secondary N) is 1. The summed E-state index contributed by atoms with van der Waals surface area (Å²) in [5.41, 5.74) is 3.06. The predicted molar refractivity (Wildman–Crippen MR) is 122 cm³/mol. The maximum absolute atomic E-state index is 14.4. The standard InChI is InChI=1S/C26H22FN3O2/c27-22-10-9-19(25-21(22)8-3-11-29-25)17-5-1-6-18-16(17)4-2-7-20(18)26(31)30-14-23-24(15-30)32-13-12-28-23/h1-11,23-24,28H,12-15H2/t23-,24+/m0/s1. The molecule has 5 nitrogen and oxygen atoms in total. The van der Waals surface area contributed by atoms with Gasteiger partial charge in [-0.15, -0.1) is 0 Å². The van der Waals surface area contributed by atoms with E-state index in [0.717, 1.165) is 28.4 Å². The quantitative estimate of drug-likeness (QED) is 0.525. The van der Waals surface area contributed by atoms with Crippen molar-refractivity contribution in [2.24, 2.45) is 0 Å². The number of rotatable bonds is 2. The lowest BCUT2D eigenvalue weighted by molar-refractivity contribution is 0.0176. The monoisotopic (exact) mass is 427 g/mol. The number of aromatic nitrogens is 1. The molecule has 0 spiro atoms. The molecule has 1 N–H and O–H groups in total. The van der Waals surface area contributed by atoms with Crippen LogP contribution in [0, 0.1) is 5.82 Å². The molecule has 3 heterocycles. The molecule has 6 heteroatoms. The third kappa shape index (κ3) is 3.06. The minimum Gasteiger partial charge on any atom is -0.373 e. The molecule has 2 saturated heterocycles. The van der Waals surface area contributed by atoms with Crippen LogP contribution in [0.3, 0.4) is 0 Å². The van der Waals surface area contributed by atoms with Crippen LogP contribution in [-0.2, 0) is 4.74 Å². The van der Waals surface area contributed by atoms with Crippen molar-refractivity contribution in [2.45, 2.75) is 12.1 Å². The van der Waals surface area contributed by atoms with Crippen LogP contribution in [0.25, 0.3) is 32.8 Å². The van der Waals surface area contributed by atoms with Crippen molar-refractivity contribution in [1.29, 1.82) is 0 Å². The average Bonchev–Trinajstić information content (AvgIpc) is 3.28. The Hall–Kier alpha value is -3.35. The molecule has 4 aromatic rings. The Morgan fingerprint density at radius 2 is 1.81 bits per heavy atom. The van der Waals surface area contributed by atoms with E-state index in [4.69, 9.17) is 4.74 Å². The summed E-state index contributed by atoms with van der Waals surface area (Å²) in [5, 5.41) is 5.77. The van der Waals surface area contributed by atoms with Crippen molar-refractivity contribution in [3.05, 3.63) is 78.2 Å². The summed E-state index contributed by atoms with van der Waals surface area (Å²) in [6.45, 7) is 2.74. The van der Waals surface area contributed by atoms with Crippen molar-refractivity contribution in [3.63, 3.8) is 0 Å². The number of benzene rings is 3. The van der Waals surface area contributed by atoms with E-state index in [1.165, 1.54) is 6.07 Å². The molecule has 2 aliphatic heterocycles. The maximum atomic E-state index is 14.4. The molecule has 0 aliphatic carbocycles. The highest BCUT2D eigenvalue weighted by Crippen LogP contribution is 2.35. The molecule has 1 aromatic heterocycles. The fourth-order valence-corrected chi connectivity index (χ4v) is 5.02. The largest absolute Gasteiger partial charge is 0.373 e. The van der Waals surface area contributed by atoms with Gasteiger partial charge < -0.3 is 15.0 Å². The average molecular weight is 427 g/mol. The van der Waals surface area contributed by atoms with Crippen LogP contribution in [0.5, 0.6) is 0 Å². The summed E-state index contributed by atoms with van der Waals surface area (Å²) in [4.78, 5) is 19.8. The summed E-state index contributed by atoms with van der Waals surface area (Å²) in [6.07, 6.45) is 1.73. The molecule has 6 rings (SSSR count). The topological polar surface area (TPSA) is 54.5 Å². The third-order valence-electron chi connectivity index (χ3n) is 6.55. The Morgan fingerprint density at radius 1 is 0.969 bits per heavy atom. The van der Waals surface area contributed by atoms with Gasteiger partial charge in [0.15, 0.2) is 0 Å². The van der Waals surface area contributed by atoms with Crippen LogP contribution in [0.15, 0.2) is 66.9 Å². The Bertz CT molecular complexity index is 1340. The zero-order valence-corrected chi connectivity index (χ0v) is 17.4. The Labute approximate surface area is 184 Å². The Balaban J connectivity index is 1.45. The van der Waals surface area contributed by atoms with E-state index in [2.05, 4.69) is 10.3 Å². The lowest BCUT2D eigenvalue weighted by Gasteiger charge is -2.25. The second-order valence-corrected chi connectivity index (χ2v) is 8.38. The summed E-state index contributed by atoms with van der Waals surface area (Å²) in [6, 6.07) is 18.6. The smallest absolute Gasteiger partial charge is 0.254 e. The maximum Gasteiger partial charge on any atom is 0.254 e. The van der Waals surface area contributed by atoms with Crippen LogP contribution < -0.4 is 5.32 Å². The van der Waals surface area contributed by atoms with Gasteiger partial charge in [-0.3, -0.25) is 9.78 Å². The number of pyridine rings is 1. The molecule has 0 bridgehead atoms. The Kier molecular flexibility index (Phi) is 4.63. The second-order valence-electron chi connectivity index (χ2n) is 8.38. The van der Waals surface area contributed by atoms with Gasteiger partial charge in [-0.1, -0.05) is 30.3 Å². The zero-order chi connectivity index (χ0) is 21.7. The van der Waals surface area contributed by atoms with Crippen molar-refractivity contribution in [2.75, 3.05) is 26.2 Å². The number of amides is 1. The van der Waals surface area contributed by atoms with E-state index < -0.39 is 0 Å². The van der Waals surface area contributed by atoms with Gasteiger partial charge in [0.2, 0.25) is 0 Å². The number of morpholine rings is 1. The molecule has 160 valence electrons. The fourth-order valence-electron chi connectivity index (χ4n) is 5.02. The second kappa shape index (κ2) is 7.65. The zero-order valence-electron chi connectivity index (χ0n) is 17.4. The van der Waals surface area contributed by atoms with Crippen LogP contribution in [0.1, 0.15) is 10.4 Å². The molecule has 0 radical (unpaired) electrons. The molecular weight excluding hydrogens is 405 g/mol. The van der Waals surface area contributed by atoms with E-state index in [1.54, 1.807) is 24.4 Å². The van der Waals surface area contributed by atoms with Crippen LogP contribution in [0.4, 0.5) is 4.39 Å². The number of halogens is 1. The number of carbonyl (C=O) groups is 1. The molecule has 1 amide bonds. The van der Waals surface area contributed by atoms with Crippen molar-refractivity contribution >= 4 is 27.6 Å². The first-order valence-corrected chi connectivity index (χ1v) is 10.9. The first-order valence-electron chi connectivity index (χ1n) is 10.9. The highest BCUT2D eigenvalue weighted by atomic mass is 19.1. The Morgan fingerprint density at radius 3 is 2.72 bits per heavy atom. The van der Waals surface area contributed by atoms with Crippen molar-refractivity contribution < 1.29 is 13.9 Å². The predicted octanol–water partition coefficient (Wildman–Crippen LogP) is 4.01. The summed E-state index contributed by atoms with van der Waals surface area (Å²) < 4.78 is 20.2. The highest BCUT2D eigenvalue weighted by molar-refractivity contribution is 6.12. The van der Waals surface area contributed by atoms with Crippen LogP contribution in [0.2, 0.25) is 0 Å². The van der Waals surface area contributed by atoms with Gasteiger partial charge in [0.1, 0.15) is 5.82 Å². The third-order valence-corrected chi connectivity index (χ3v) is 6.55. The summed E-state index contributed by atoms with van der Waals surface area (Å²) >= 11 is 0. The number of nitrogens with zero attached hydrogens (tertiary/aromatic N) is 2. The van der Waals surface area contributed by atoms with Gasteiger partial charge >= 0.3 is 0 Å². The molecule has 32 heavy (non-hydrogen) atoms. The number of likely N-dealkylation sites (tertiary alicyclic amines) is 1. The molecule has 0 saturated carbocycles. The number of hydrogen-bond acceptors (Lipinski definition) is 4. The van der Waals surface area contributed by atoms with E-state index in [1.807, 2.05) is 41.3 Å². The van der Waals surface area contributed by atoms with Gasteiger partial charge in [0, 0.05) is 42.3 Å².